The molecule has 1 aliphatic rings. The van der Waals surface area contributed by atoms with Gasteiger partial charge in [0.1, 0.15) is 11.5 Å². The molecular weight excluding hydrogens is 388 g/mol. The van der Waals surface area contributed by atoms with Gasteiger partial charge in [-0.3, -0.25) is 9.48 Å². The highest BCUT2D eigenvalue weighted by molar-refractivity contribution is 6.17. The number of alkyl halides is 1. The minimum Gasteiger partial charge on any atom is -0.459 e. The summed E-state index contributed by atoms with van der Waals surface area (Å²) in [7, 11) is 0. The van der Waals surface area contributed by atoms with E-state index in [-0.39, 0.29) is 17.5 Å². The summed E-state index contributed by atoms with van der Waals surface area (Å²) >= 11 is 5.00. The van der Waals surface area contributed by atoms with Gasteiger partial charge in [0.15, 0.2) is 0 Å². The van der Waals surface area contributed by atoms with Crippen LogP contribution in [0.2, 0.25) is 0 Å². The van der Waals surface area contributed by atoms with Crippen molar-refractivity contribution in [1.29, 1.82) is 0 Å². The van der Waals surface area contributed by atoms with Crippen molar-refractivity contribution < 1.29 is 15.0 Å². The number of rotatable bonds is 4. The van der Waals surface area contributed by atoms with Crippen LogP contribution in [-0.4, -0.2) is 33.2 Å². The van der Waals surface area contributed by atoms with Gasteiger partial charge in [-0.1, -0.05) is 67.6 Å². The standard InChI is InChI=1S/C21H20N2O2.C2H5Cl.H2O/c1-16-13-22-23(14-16)15-19-12-21(20(24)25-19,17-8-4-2-5-9-17)18-10-6-3-7-11-18;1-2-3;/h2-11,13-14,19H,12,15H2,1H3;2H2,1H3;1H2. The molecule has 6 heteroatoms. The second kappa shape index (κ2) is 10.2. The van der Waals surface area contributed by atoms with Crippen LogP contribution in [0.15, 0.2) is 73.1 Å². The van der Waals surface area contributed by atoms with Crippen molar-refractivity contribution in [3.8, 4) is 0 Å². The third-order valence-corrected chi connectivity index (χ3v) is 4.84. The van der Waals surface area contributed by atoms with Crippen LogP contribution in [0.5, 0.6) is 0 Å². The van der Waals surface area contributed by atoms with Crippen molar-refractivity contribution >= 4 is 17.6 Å². The number of halogens is 1. The summed E-state index contributed by atoms with van der Waals surface area (Å²) < 4.78 is 7.65. The van der Waals surface area contributed by atoms with Crippen molar-refractivity contribution in [1.82, 2.24) is 9.78 Å². The summed E-state index contributed by atoms with van der Waals surface area (Å²) in [6, 6.07) is 19.8. The van der Waals surface area contributed by atoms with Crippen LogP contribution in [0, 0.1) is 6.92 Å². The van der Waals surface area contributed by atoms with Crippen molar-refractivity contribution in [2.75, 3.05) is 5.88 Å². The first kappa shape index (κ1) is 22.7. The Hall–Kier alpha value is -2.63. The van der Waals surface area contributed by atoms with Gasteiger partial charge in [-0.05, 0) is 23.6 Å². The Morgan fingerprint density at radius 3 is 2.07 bits per heavy atom. The lowest BCUT2D eigenvalue weighted by Gasteiger charge is -2.26. The summed E-state index contributed by atoms with van der Waals surface area (Å²) in [6.07, 6.45) is 4.20. The predicted octanol–water partition coefficient (Wildman–Crippen LogP) is 3.91. The van der Waals surface area contributed by atoms with E-state index in [1.807, 2.05) is 91.6 Å². The maximum absolute atomic E-state index is 13.1. The molecule has 0 aliphatic carbocycles. The number of aromatic nitrogens is 2. The lowest BCUT2D eigenvalue weighted by molar-refractivity contribution is -0.145. The zero-order valence-electron chi connectivity index (χ0n) is 16.7. The first-order valence-electron chi connectivity index (χ1n) is 9.47. The monoisotopic (exact) mass is 414 g/mol. The van der Waals surface area contributed by atoms with Crippen molar-refractivity contribution in [2.45, 2.75) is 38.3 Å². The van der Waals surface area contributed by atoms with E-state index in [2.05, 4.69) is 5.10 Å². The SMILES string of the molecule is CCCl.Cc1cnn(CC2CC(c3ccccc3)(c3ccccc3)C(=O)O2)c1.O. The smallest absolute Gasteiger partial charge is 0.321 e. The zero-order chi connectivity index (χ0) is 20.0. The summed E-state index contributed by atoms with van der Waals surface area (Å²) in [5.74, 6) is 0.541. The molecule has 29 heavy (non-hydrogen) atoms. The Morgan fingerprint density at radius 1 is 1.10 bits per heavy atom. The lowest BCUT2D eigenvalue weighted by Crippen LogP contribution is -2.33. The van der Waals surface area contributed by atoms with Gasteiger partial charge >= 0.3 is 5.97 Å². The van der Waals surface area contributed by atoms with E-state index in [9.17, 15) is 4.79 Å². The Morgan fingerprint density at radius 2 is 1.62 bits per heavy atom. The van der Waals surface area contributed by atoms with E-state index in [0.29, 0.717) is 13.0 Å². The van der Waals surface area contributed by atoms with Gasteiger partial charge in [0, 0.05) is 18.5 Å². The first-order valence-corrected chi connectivity index (χ1v) is 10.0. The van der Waals surface area contributed by atoms with Crippen LogP contribution >= 0.6 is 11.6 Å². The predicted molar refractivity (Wildman–Crippen MR) is 115 cm³/mol. The van der Waals surface area contributed by atoms with E-state index < -0.39 is 5.41 Å². The Kier molecular flexibility index (Phi) is 8.00. The number of esters is 1. The van der Waals surface area contributed by atoms with Crippen LogP contribution in [0.4, 0.5) is 0 Å². The highest BCUT2D eigenvalue weighted by Crippen LogP contribution is 2.43. The summed E-state index contributed by atoms with van der Waals surface area (Å²) in [5.41, 5.74) is 2.30. The molecule has 3 aromatic rings. The number of nitrogens with zero attached hydrogens (tertiary/aromatic N) is 2. The van der Waals surface area contributed by atoms with Gasteiger partial charge in [-0.15, -0.1) is 11.6 Å². The van der Waals surface area contributed by atoms with E-state index >= 15 is 0 Å². The molecule has 0 spiro atoms. The number of hydrogen-bond donors (Lipinski definition) is 0. The molecule has 4 rings (SSSR count). The molecule has 1 unspecified atom stereocenters. The molecule has 0 saturated carbocycles. The van der Waals surface area contributed by atoms with Crippen molar-refractivity contribution in [3.05, 3.63) is 89.7 Å². The molecule has 2 heterocycles. The molecule has 0 radical (unpaired) electrons. The normalized spacial score (nSPS) is 16.9. The number of cyclic esters (lactones) is 1. The minimum atomic E-state index is -0.755. The second-order valence-electron chi connectivity index (χ2n) is 6.88. The third kappa shape index (κ3) is 4.86. The molecule has 2 aromatic carbocycles. The molecule has 0 bridgehead atoms. The maximum Gasteiger partial charge on any atom is 0.321 e. The van der Waals surface area contributed by atoms with Crippen molar-refractivity contribution in [2.24, 2.45) is 0 Å². The van der Waals surface area contributed by atoms with Crippen LogP contribution < -0.4 is 0 Å². The highest BCUT2D eigenvalue weighted by Gasteiger charge is 2.51. The number of carbonyl (C=O) groups is 1. The zero-order valence-corrected chi connectivity index (χ0v) is 17.5. The largest absolute Gasteiger partial charge is 0.459 e. The fourth-order valence-electron chi connectivity index (χ4n) is 3.68. The van der Waals surface area contributed by atoms with Crippen LogP contribution in [-0.2, 0) is 21.5 Å². The van der Waals surface area contributed by atoms with Crippen LogP contribution in [0.1, 0.15) is 30.0 Å². The molecule has 1 saturated heterocycles. The summed E-state index contributed by atoms with van der Waals surface area (Å²) in [5, 5.41) is 4.32. The number of aryl methyl sites for hydroxylation is 1. The lowest BCUT2D eigenvalue weighted by atomic mass is 9.72. The maximum atomic E-state index is 13.1. The Balaban J connectivity index is 0.000000708. The fourth-order valence-corrected chi connectivity index (χ4v) is 3.68. The molecule has 5 nitrogen and oxygen atoms in total. The topological polar surface area (TPSA) is 75.6 Å². The Labute approximate surface area is 176 Å². The first-order chi connectivity index (χ1) is 13.6. The van der Waals surface area contributed by atoms with Gasteiger partial charge in [0.2, 0.25) is 0 Å². The molecule has 1 aromatic heterocycles. The average Bonchev–Trinajstić information content (AvgIpc) is 3.27. The van der Waals surface area contributed by atoms with Gasteiger partial charge in [0.25, 0.3) is 0 Å². The molecule has 1 atom stereocenters. The van der Waals surface area contributed by atoms with E-state index in [1.54, 1.807) is 0 Å². The quantitative estimate of drug-likeness (QED) is 0.479. The number of ether oxygens (including phenoxy) is 1. The highest BCUT2D eigenvalue weighted by atomic mass is 35.5. The van der Waals surface area contributed by atoms with Crippen molar-refractivity contribution in [3.63, 3.8) is 0 Å². The Bertz CT molecular complexity index is 857. The number of carbonyl (C=O) groups excluding carboxylic acids is 1. The molecule has 154 valence electrons. The fraction of sp³-hybridized carbons (Fsp3) is 0.304. The van der Waals surface area contributed by atoms with Gasteiger partial charge < -0.3 is 10.2 Å². The summed E-state index contributed by atoms with van der Waals surface area (Å²) in [4.78, 5) is 13.1. The van der Waals surface area contributed by atoms with E-state index in [1.165, 1.54) is 0 Å². The average molecular weight is 415 g/mol. The third-order valence-electron chi connectivity index (χ3n) is 4.84. The molecule has 0 amide bonds. The molecular formula is C23H27ClN2O3. The van der Waals surface area contributed by atoms with Gasteiger partial charge in [-0.25, -0.2) is 0 Å². The van der Waals surface area contributed by atoms with Crippen LogP contribution in [0.3, 0.4) is 0 Å². The van der Waals surface area contributed by atoms with Gasteiger partial charge in [-0.2, -0.15) is 5.10 Å². The molecule has 1 aliphatic heterocycles. The van der Waals surface area contributed by atoms with E-state index in [4.69, 9.17) is 16.3 Å². The number of benzene rings is 2. The van der Waals surface area contributed by atoms with Crippen LogP contribution in [0.25, 0.3) is 0 Å². The minimum absolute atomic E-state index is 0. The van der Waals surface area contributed by atoms with E-state index in [0.717, 1.165) is 22.6 Å². The number of hydrogen-bond acceptors (Lipinski definition) is 3. The molecule has 1 fully saturated rings. The second-order valence-corrected chi connectivity index (χ2v) is 7.41. The molecule has 2 N–H and O–H groups in total. The summed E-state index contributed by atoms with van der Waals surface area (Å²) in [6.45, 7) is 4.46. The van der Waals surface area contributed by atoms with Gasteiger partial charge in [0.05, 0.1) is 12.7 Å².